The zero-order chi connectivity index (χ0) is 27.5. The van der Waals surface area contributed by atoms with E-state index < -0.39 is 7.81 Å². The number of hydrogen-bond donors (Lipinski definition) is 0. The van der Waals surface area contributed by atoms with Crippen molar-refractivity contribution in [3.63, 3.8) is 0 Å². The molecule has 0 N–H and O–H groups in total. The summed E-state index contributed by atoms with van der Waals surface area (Å²) in [6, 6.07) is 22.1. The number of aryl methyl sites for hydroxylation is 1. The molecule has 2 heterocycles. The van der Waals surface area contributed by atoms with Gasteiger partial charge in [-0.25, -0.2) is 0 Å². The number of aromatic nitrogens is 1. The Kier molecular flexibility index (Phi) is 6.24. The number of allylic oxidation sites excluding steroid dienone is 1. The molecule has 0 spiro atoms. The van der Waals surface area contributed by atoms with Gasteiger partial charge in [0.1, 0.15) is 7.05 Å². The van der Waals surface area contributed by atoms with Gasteiger partial charge in [0.15, 0.2) is 5.71 Å². The molecule has 2 nitrogen and oxygen atoms in total. The molecule has 0 amide bonds. The van der Waals surface area contributed by atoms with Crippen LogP contribution in [0.3, 0.4) is 0 Å². The first kappa shape index (κ1) is 27.4. The molecule has 0 unspecified atom stereocenters. The van der Waals surface area contributed by atoms with E-state index in [-0.39, 0.29) is 5.41 Å². The summed E-state index contributed by atoms with van der Waals surface area (Å²) in [6.45, 7) is 7.79. The number of nitrogens with zero attached hydrogens (tertiary/aromatic N) is 2. The Bertz CT molecular complexity index is 1590. The van der Waals surface area contributed by atoms with Crippen LogP contribution in [-0.2, 0) is 12.0 Å². The third-order valence-corrected chi connectivity index (χ3v) is 7.03. The van der Waals surface area contributed by atoms with E-state index in [0.29, 0.717) is 0 Å². The maximum atomic E-state index is 9.87. The van der Waals surface area contributed by atoms with Gasteiger partial charge in [-0.1, -0.05) is 40.2 Å². The first-order valence-electron chi connectivity index (χ1n) is 11.5. The Morgan fingerprint density at radius 2 is 1.43 bits per heavy atom. The van der Waals surface area contributed by atoms with Crippen LogP contribution in [0, 0.1) is 0 Å². The first-order chi connectivity index (χ1) is 16.9. The second-order valence-electron chi connectivity index (χ2n) is 9.56. The van der Waals surface area contributed by atoms with Gasteiger partial charge in [-0.15, -0.1) is 0 Å². The second-order valence-corrected chi connectivity index (χ2v) is 12.4. The standard InChI is InChI=1S/C27H26BrN2.F6P/c1-5-30-23-13-10-18(16-20(23)21-17-19(28)12-14-24(21)30)11-15-26-27(2,3)22-8-6-7-9-25(22)29(26)4;1-7(2,3,4,5)6/h6-17H,5H2,1-4H3;/q+1;-1. The zero-order valence-corrected chi connectivity index (χ0v) is 23.1. The SMILES string of the molecule is CCn1c2ccc(Br)cc2c2cc(/C=C/C3=[N+](C)c4ccccc4C3(C)C)ccc21.F[P-](F)(F)(F)(F)F. The average molecular weight is 603 g/mol. The van der Waals surface area contributed by atoms with Crippen LogP contribution in [0.25, 0.3) is 27.9 Å². The van der Waals surface area contributed by atoms with Crippen LogP contribution in [0.15, 0.2) is 71.2 Å². The van der Waals surface area contributed by atoms with E-state index in [2.05, 4.69) is 126 Å². The van der Waals surface area contributed by atoms with Crippen molar-refractivity contribution >= 4 is 63.0 Å². The molecule has 0 radical (unpaired) electrons. The van der Waals surface area contributed by atoms with Gasteiger partial charge in [0, 0.05) is 50.5 Å². The van der Waals surface area contributed by atoms with Gasteiger partial charge in [-0.05, 0) is 62.7 Å². The van der Waals surface area contributed by atoms with Crippen molar-refractivity contribution in [2.75, 3.05) is 7.05 Å². The molecule has 0 atom stereocenters. The van der Waals surface area contributed by atoms with E-state index in [1.165, 1.54) is 44.3 Å². The molecule has 0 saturated carbocycles. The van der Waals surface area contributed by atoms with Crippen LogP contribution in [0.4, 0.5) is 30.9 Å². The van der Waals surface area contributed by atoms with Crippen molar-refractivity contribution in [1.82, 2.24) is 4.57 Å². The number of halogens is 7. The van der Waals surface area contributed by atoms with Gasteiger partial charge in [0.2, 0.25) is 5.69 Å². The second kappa shape index (κ2) is 8.43. The molecule has 1 aliphatic rings. The minimum absolute atomic E-state index is 0.00492. The number of rotatable bonds is 3. The number of para-hydroxylation sites is 1. The fraction of sp³-hybridized carbons (Fsp3) is 0.222. The van der Waals surface area contributed by atoms with Crippen LogP contribution >= 0.6 is 23.7 Å². The number of fused-ring (bicyclic) bond motifs is 4. The van der Waals surface area contributed by atoms with E-state index in [1.54, 1.807) is 0 Å². The van der Waals surface area contributed by atoms with E-state index in [4.69, 9.17) is 0 Å². The Morgan fingerprint density at radius 3 is 2.03 bits per heavy atom. The quantitative estimate of drug-likeness (QED) is 0.125. The molecular weight excluding hydrogens is 577 g/mol. The Hall–Kier alpha value is -2.64. The Morgan fingerprint density at radius 1 is 0.865 bits per heavy atom. The number of hydrogen-bond acceptors (Lipinski definition) is 0. The summed E-state index contributed by atoms with van der Waals surface area (Å²) in [4.78, 5) is 0. The predicted octanol–water partition coefficient (Wildman–Crippen LogP) is 10.7. The first-order valence-corrected chi connectivity index (χ1v) is 14.4. The van der Waals surface area contributed by atoms with E-state index >= 15 is 0 Å². The van der Waals surface area contributed by atoms with Crippen molar-refractivity contribution < 1.29 is 29.8 Å². The summed E-state index contributed by atoms with van der Waals surface area (Å²) in [6.07, 6.45) is 4.54. The van der Waals surface area contributed by atoms with Crippen molar-refractivity contribution in [3.8, 4) is 0 Å². The summed E-state index contributed by atoms with van der Waals surface area (Å²) < 4.78 is 65.0. The summed E-state index contributed by atoms with van der Waals surface area (Å²) >= 11 is 3.64. The van der Waals surface area contributed by atoms with Gasteiger partial charge in [0.05, 0.1) is 5.41 Å². The van der Waals surface area contributed by atoms with E-state index in [1.807, 2.05) is 0 Å². The summed E-state index contributed by atoms with van der Waals surface area (Å²) in [5, 5.41) is 2.61. The molecule has 5 rings (SSSR count). The topological polar surface area (TPSA) is 7.94 Å². The third kappa shape index (κ3) is 6.10. The molecule has 10 heteroatoms. The molecule has 198 valence electrons. The van der Waals surface area contributed by atoms with Crippen molar-refractivity contribution in [2.24, 2.45) is 0 Å². The molecule has 4 aromatic rings. The van der Waals surface area contributed by atoms with E-state index in [9.17, 15) is 25.2 Å². The summed E-state index contributed by atoms with van der Waals surface area (Å²) in [5.41, 5.74) is 7.81. The van der Waals surface area contributed by atoms with Crippen molar-refractivity contribution in [3.05, 3.63) is 82.3 Å². The molecule has 1 aliphatic heterocycles. The van der Waals surface area contributed by atoms with Crippen LogP contribution in [0.2, 0.25) is 0 Å². The molecule has 3 aromatic carbocycles. The normalized spacial score (nSPS) is 17.1. The fourth-order valence-corrected chi connectivity index (χ4v) is 5.38. The fourth-order valence-electron chi connectivity index (χ4n) is 5.02. The molecule has 0 saturated heterocycles. The minimum atomic E-state index is -10.7. The van der Waals surface area contributed by atoms with Crippen molar-refractivity contribution in [1.29, 1.82) is 0 Å². The number of benzene rings is 3. The van der Waals surface area contributed by atoms with Gasteiger partial charge in [0.25, 0.3) is 0 Å². The third-order valence-electron chi connectivity index (χ3n) is 6.54. The Labute approximate surface area is 219 Å². The molecule has 1 aromatic heterocycles. The zero-order valence-electron chi connectivity index (χ0n) is 20.6. The van der Waals surface area contributed by atoms with E-state index in [0.717, 1.165) is 11.0 Å². The van der Waals surface area contributed by atoms with Crippen LogP contribution < -0.4 is 0 Å². The maximum absolute atomic E-state index is 10.7. The summed E-state index contributed by atoms with van der Waals surface area (Å²) in [7, 11) is -8.49. The van der Waals surface area contributed by atoms with Crippen molar-refractivity contribution in [2.45, 2.75) is 32.7 Å². The molecule has 0 bridgehead atoms. The van der Waals surface area contributed by atoms with Gasteiger partial charge >= 0.3 is 33.0 Å². The van der Waals surface area contributed by atoms with Crippen LogP contribution in [-0.4, -0.2) is 21.9 Å². The molecule has 0 fully saturated rings. The molecular formula is C27H26BrF6N2P. The Balaban J connectivity index is 0.000000405. The predicted molar refractivity (Wildman–Crippen MR) is 146 cm³/mol. The van der Waals surface area contributed by atoms with Crippen LogP contribution in [0.1, 0.15) is 31.9 Å². The van der Waals surface area contributed by atoms with Gasteiger partial charge in [-0.2, -0.15) is 4.58 Å². The molecule has 0 aliphatic carbocycles. The van der Waals surface area contributed by atoms with Crippen LogP contribution in [0.5, 0.6) is 0 Å². The average Bonchev–Trinajstić information content (AvgIpc) is 3.18. The summed E-state index contributed by atoms with van der Waals surface area (Å²) in [5.74, 6) is 0. The molecule has 37 heavy (non-hydrogen) atoms. The van der Waals surface area contributed by atoms with Gasteiger partial charge < -0.3 is 4.57 Å². The van der Waals surface area contributed by atoms with Gasteiger partial charge in [-0.3, -0.25) is 0 Å². The monoisotopic (exact) mass is 602 g/mol.